The zero-order chi connectivity index (χ0) is 24.7. The van der Waals surface area contributed by atoms with Gasteiger partial charge in [0.15, 0.2) is 11.5 Å². The molecule has 1 amide bonds. The third kappa shape index (κ3) is 5.31. The van der Waals surface area contributed by atoms with E-state index >= 15 is 0 Å². The third-order valence-corrected chi connectivity index (χ3v) is 5.54. The van der Waals surface area contributed by atoms with Crippen LogP contribution in [0.15, 0.2) is 72.0 Å². The topological polar surface area (TPSA) is 74.3 Å². The number of benzene rings is 2. The van der Waals surface area contributed by atoms with E-state index < -0.39 is 5.97 Å². The van der Waals surface area contributed by atoms with Crippen LogP contribution in [0.1, 0.15) is 18.1 Å². The lowest BCUT2D eigenvalue weighted by atomic mass is 10.0. The van der Waals surface area contributed by atoms with Gasteiger partial charge in [0.25, 0.3) is 5.91 Å². The lowest BCUT2D eigenvalue weighted by Crippen LogP contribution is -2.27. The van der Waals surface area contributed by atoms with Crippen molar-refractivity contribution in [2.45, 2.75) is 13.3 Å². The van der Waals surface area contributed by atoms with Gasteiger partial charge in [-0.05, 0) is 54.8 Å². The van der Waals surface area contributed by atoms with E-state index in [1.54, 1.807) is 56.4 Å². The van der Waals surface area contributed by atoms with Gasteiger partial charge in [-0.15, -0.1) is 0 Å². The molecule has 0 saturated carbocycles. The van der Waals surface area contributed by atoms with Crippen LogP contribution in [0.25, 0.3) is 6.08 Å². The Hall–Kier alpha value is -4.00. The Morgan fingerprint density at radius 2 is 1.76 bits per heavy atom. The molecular weight excluding hydrogens is 434 g/mol. The Morgan fingerprint density at radius 1 is 1.03 bits per heavy atom. The highest BCUT2D eigenvalue weighted by molar-refractivity contribution is 6.16. The molecule has 0 aliphatic carbocycles. The first-order chi connectivity index (χ1) is 16.4. The van der Waals surface area contributed by atoms with Crippen molar-refractivity contribution in [2.75, 3.05) is 34.5 Å². The molecule has 2 aromatic carbocycles. The molecule has 0 saturated heterocycles. The minimum absolute atomic E-state index is 0.252. The molecule has 0 aromatic heterocycles. The SMILES string of the molecule is C=CCOc1ccc(/C=C2\C(=O)N(CCc3ccc(OC)cc3)C(C)=C2C(=O)OC)cc1OC. The zero-order valence-corrected chi connectivity index (χ0v) is 19.9. The van der Waals surface area contributed by atoms with Crippen LogP contribution >= 0.6 is 0 Å². The highest BCUT2D eigenvalue weighted by atomic mass is 16.5. The standard InChI is InChI=1S/C27H29NO6/c1-6-15-34-23-12-9-20(17-24(23)32-4)16-22-25(27(30)33-5)18(2)28(26(22)29)14-13-19-7-10-21(31-3)11-8-19/h6-12,16-17H,1,13-15H2,2-5H3/b22-16-. The summed E-state index contributed by atoms with van der Waals surface area (Å²) in [5.41, 5.74) is 2.85. The lowest BCUT2D eigenvalue weighted by molar-refractivity contribution is -0.136. The van der Waals surface area contributed by atoms with Gasteiger partial charge in [-0.3, -0.25) is 4.79 Å². The predicted molar refractivity (Wildman–Crippen MR) is 130 cm³/mol. The Morgan fingerprint density at radius 3 is 2.38 bits per heavy atom. The zero-order valence-electron chi connectivity index (χ0n) is 19.9. The molecule has 7 nitrogen and oxygen atoms in total. The molecule has 178 valence electrons. The van der Waals surface area contributed by atoms with E-state index in [0.717, 1.165) is 11.3 Å². The highest BCUT2D eigenvalue weighted by Crippen LogP contribution is 2.34. The van der Waals surface area contributed by atoms with Gasteiger partial charge in [0, 0.05) is 12.2 Å². The summed E-state index contributed by atoms with van der Waals surface area (Å²) in [6.07, 6.45) is 3.94. The van der Waals surface area contributed by atoms with Crippen molar-refractivity contribution >= 4 is 18.0 Å². The number of carbonyl (C=O) groups excluding carboxylic acids is 2. The van der Waals surface area contributed by atoms with Crippen molar-refractivity contribution in [1.82, 2.24) is 4.90 Å². The fourth-order valence-electron chi connectivity index (χ4n) is 3.74. The molecule has 1 aliphatic rings. The number of allylic oxidation sites excluding steroid dienone is 1. The second-order valence-corrected chi connectivity index (χ2v) is 7.57. The number of ether oxygens (including phenoxy) is 4. The number of carbonyl (C=O) groups is 2. The number of hydrogen-bond donors (Lipinski definition) is 0. The average molecular weight is 464 g/mol. The van der Waals surface area contributed by atoms with Gasteiger partial charge < -0.3 is 23.8 Å². The second kappa shape index (κ2) is 11.2. The highest BCUT2D eigenvalue weighted by Gasteiger charge is 2.36. The molecule has 0 unspecified atom stereocenters. The Labute approximate surface area is 199 Å². The van der Waals surface area contributed by atoms with E-state index in [9.17, 15) is 9.59 Å². The number of methoxy groups -OCH3 is 3. The minimum Gasteiger partial charge on any atom is -0.497 e. The van der Waals surface area contributed by atoms with Gasteiger partial charge in [0.2, 0.25) is 0 Å². The van der Waals surface area contributed by atoms with Gasteiger partial charge in [0.1, 0.15) is 12.4 Å². The van der Waals surface area contributed by atoms with Gasteiger partial charge in [-0.25, -0.2) is 4.79 Å². The van der Waals surface area contributed by atoms with Crippen LogP contribution in [0.2, 0.25) is 0 Å². The third-order valence-electron chi connectivity index (χ3n) is 5.54. The van der Waals surface area contributed by atoms with E-state index in [1.165, 1.54) is 7.11 Å². The van der Waals surface area contributed by atoms with Crippen LogP contribution in [-0.2, 0) is 20.7 Å². The molecule has 0 radical (unpaired) electrons. The van der Waals surface area contributed by atoms with Crippen LogP contribution in [0, 0.1) is 0 Å². The maximum atomic E-state index is 13.4. The van der Waals surface area contributed by atoms with Crippen LogP contribution in [0.3, 0.4) is 0 Å². The first-order valence-electron chi connectivity index (χ1n) is 10.8. The summed E-state index contributed by atoms with van der Waals surface area (Å²) in [6, 6.07) is 13.0. The largest absolute Gasteiger partial charge is 0.497 e. The summed E-state index contributed by atoms with van der Waals surface area (Å²) in [4.78, 5) is 27.6. The predicted octanol–water partition coefficient (Wildman–Crippen LogP) is 4.18. The van der Waals surface area contributed by atoms with Crippen LogP contribution in [0.5, 0.6) is 17.2 Å². The van der Waals surface area contributed by atoms with E-state index in [4.69, 9.17) is 18.9 Å². The summed E-state index contributed by atoms with van der Waals surface area (Å²) < 4.78 is 21.2. The maximum absolute atomic E-state index is 13.4. The van der Waals surface area contributed by atoms with Gasteiger partial charge >= 0.3 is 5.97 Å². The van der Waals surface area contributed by atoms with Crippen molar-refractivity contribution in [3.63, 3.8) is 0 Å². The molecule has 3 rings (SSSR count). The summed E-state index contributed by atoms with van der Waals surface area (Å²) in [5.74, 6) is 1.03. The Bertz CT molecular complexity index is 1130. The smallest absolute Gasteiger partial charge is 0.340 e. The molecule has 0 spiro atoms. The van der Waals surface area contributed by atoms with Crippen molar-refractivity contribution < 1.29 is 28.5 Å². The molecule has 7 heteroatoms. The molecule has 2 aromatic rings. The van der Waals surface area contributed by atoms with Crippen LogP contribution in [0.4, 0.5) is 0 Å². The molecule has 0 atom stereocenters. The summed E-state index contributed by atoms with van der Waals surface area (Å²) in [5, 5.41) is 0. The molecule has 34 heavy (non-hydrogen) atoms. The summed E-state index contributed by atoms with van der Waals surface area (Å²) >= 11 is 0. The second-order valence-electron chi connectivity index (χ2n) is 7.57. The minimum atomic E-state index is -0.554. The Balaban J connectivity index is 1.90. The molecule has 0 fully saturated rings. The maximum Gasteiger partial charge on any atom is 0.340 e. The molecule has 1 aliphatic heterocycles. The van der Waals surface area contributed by atoms with Crippen molar-refractivity contribution in [3.05, 3.63) is 83.1 Å². The molecule has 0 N–H and O–H groups in total. The average Bonchev–Trinajstić information content (AvgIpc) is 3.10. The number of hydrogen-bond acceptors (Lipinski definition) is 6. The van der Waals surface area contributed by atoms with Crippen molar-refractivity contribution in [2.24, 2.45) is 0 Å². The number of esters is 1. The quantitative estimate of drug-likeness (QED) is 0.299. The Kier molecular flexibility index (Phi) is 8.14. The van der Waals surface area contributed by atoms with E-state index in [2.05, 4.69) is 6.58 Å². The monoisotopic (exact) mass is 463 g/mol. The van der Waals surface area contributed by atoms with Gasteiger partial charge in [-0.2, -0.15) is 0 Å². The first kappa shape index (κ1) is 24.6. The van der Waals surface area contributed by atoms with E-state index in [1.807, 2.05) is 24.3 Å². The summed E-state index contributed by atoms with van der Waals surface area (Å²) in [7, 11) is 4.46. The van der Waals surface area contributed by atoms with Gasteiger partial charge in [0.05, 0.1) is 32.5 Å². The van der Waals surface area contributed by atoms with Gasteiger partial charge in [-0.1, -0.05) is 30.9 Å². The molecule has 1 heterocycles. The number of rotatable bonds is 10. The van der Waals surface area contributed by atoms with Crippen molar-refractivity contribution in [3.8, 4) is 17.2 Å². The lowest BCUT2D eigenvalue weighted by Gasteiger charge is -2.18. The number of nitrogens with zero attached hydrogens (tertiary/aromatic N) is 1. The summed E-state index contributed by atoms with van der Waals surface area (Å²) in [6.45, 7) is 6.16. The molecular formula is C27H29NO6. The fraction of sp³-hybridized carbons (Fsp3) is 0.259. The fourth-order valence-corrected chi connectivity index (χ4v) is 3.74. The normalized spacial score (nSPS) is 14.4. The van der Waals surface area contributed by atoms with E-state index in [0.29, 0.717) is 42.3 Å². The van der Waals surface area contributed by atoms with Crippen molar-refractivity contribution in [1.29, 1.82) is 0 Å². The van der Waals surface area contributed by atoms with Crippen LogP contribution < -0.4 is 14.2 Å². The molecule has 0 bridgehead atoms. The van der Waals surface area contributed by atoms with E-state index in [-0.39, 0.29) is 17.1 Å². The number of amides is 1. The van der Waals surface area contributed by atoms with Crippen LogP contribution in [-0.4, -0.2) is 51.3 Å². The first-order valence-corrected chi connectivity index (χ1v) is 10.8.